The van der Waals surface area contributed by atoms with Crippen LogP contribution in [-0.2, 0) is 0 Å². The average molecular weight is 254 g/mol. The van der Waals surface area contributed by atoms with Crippen LogP contribution in [0.5, 0.6) is 0 Å². The van der Waals surface area contributed by atoms with Gasteiger partial charge in [0.05, 0.1) is 6.10 Å². The van der Waals surface area contributed by atoms with Crippen molar-refractivity contribution >= 4 is 0 Å². The minimum absolute atomic E-state index is 0.0885. The first kappa shape index (κ1) is 15.1. The molecule has 1 aromatic rings. The predicted octanol–water partition coefficient (Wildman–Crippen LogP) is 1.88. The van der Waals surface area contributed by atoms with E-state index in [0.717, 1.165) is 11.1 Å². The van der Waals surface area contributed by atoms with Gasteiger partial charge in [-0.1, -0.05) is 6.07 Å². The summed E-state index contributed by atoms with van der Waals surface area (Å²) in [6.45, 7) is 6.08. The maximum Gasteiger partial charge on any atom is 0.123 e. The number of rotatable bonds is 6. The highest BCUT2D eigenvalue weighted by Gasteiger charge is 2.16. The van der Waals surface area contributed by atoms with Gasteiger partial charge in [-0.15, -0.1) is 0 Å². The largest absolute Gasteiger partial charge is 0.393 e. The minimum Gasteiger partial charge on any atom is -0.393 e. The third kappa shape index (κ3) is 4.37. The fraction of sp³-hybridized carbons (Fsp3) is 0.571. The van der Waals surface area contributed by atoms with Gasteiger partial charge < -0.3 is 16.2 Å². The van der Waals surface area contributed by atoms with Crippen molar-refractivity contribution < 1.29 is 9.50 Å². The Balaban J connectivity index is 2.79. The number of hydrogen-bond donors (Lipinski definition) is 3. The molecule has 18 heavy (non-hydrogen) atoms. The quantitative estimate of drug-likeness (QED) is 0.726. The number of aliphatic hydroxyl groups excluding tert-OH is 1. The summed E-state index contributed by atoms with van der Waals surface area (Å²) in [6, 6.07) is 4.77. The molecule has 4 heteroatoms. The SMILES string of the molecule is Cc1ccc(F)cc1C(CN)NC(C)CC(C)O. The highest BCUT2D eigenvalue weighted by Crippen LogP contribution is 2.19. The maximum atomic E-state index is 13.3. The molecule has 1 rings (SSSR count). The van der Waals surface area contributed by atoms with Crippen molar-refractivity contribution in [3.05, 3.63) is 35.1 Å². The summed E-state index contributed by atoms with van der Waals surface area (Å²) in [5, 5.41) is 12.7. The van der Waals surface area contributed by atoms with Crippen LogP contribution in [0.2, 0.25) is 0 Å². The van der Waals surface area contributed by atoms with Crippen molar-refractivity contribution in [3.8, 4) is 0 Å². The van der Waals surface area contributed by atoms with Gasteiger partial charge in [-0.2, -0.15) is 0 Å². The van der Waals surface area contributed by atoms with Crippen LogP contribution in [0.3, 0.4) is 0 Å². The fourth-order valence-corrected chi connectivity index (χ4v) is 2.19. The lowest BCUT2D eigenvalue weighted by Gasteiger charge is -2.24. The van der Waals surface area contributed by atoms with Crippen LogP contribution in [0.15, 0.2) is 18.2 Å². The van der Waals surface area contributed by atoms with Crippen LogP contribution in [0, 0.1) is 12.7 Å². The molecule has 0 amide bonds. The van der Waals surface area contributed by atoms with Crippen LogP contribution in [0.25, 0.3) is 0 Å². The van der Waals surface area contributed by atoms with Crippen LogP contribution >= 0.6 is 0 Å². The van der Waals surface area contributed by atoms with Crippen molar-refractivity contribution in [1.29, 1.82) is 0 Å². The molecule has 0 bridgehead atoms. The van der Waals surface area contributed by atoms with Gasteiger partial charge in [0.25, 0.3) is 0 Å². The van der Waals surface area contributed by atoms with Gasteiger partial charge >= 0.3 is 0 Å². The number of nitrogens with two attached hydrogens (primary N) is 1. The van der Waals surface area contributed by atoms with Gasteiger partial charge in [-0.3, -0.25) is 0 Å². The molecule has 0 saturated carbocycles. The number of halogens is 1. The van der Waals surface area contributed by atoms with Gasteiger partial charge in [0.15, 0.2) is 0 Å². The Morgan fingerprint density at radius 2 is 2.06 bits per heavy atom. The molecular weight excluding hydrogens is 231 g/mol. The van der Waals surface area contributed by atoms with Gasteiger partial charge in [0.1, 0.15) is 5.82 Å². The molecule has 4 N–H and O–H groups in total. The Labute approximate surface area is 108 Å². The van der Waals surface area contributed by atoms with Crippen molar-refractivity contribution in [3.63, 3.8) is 0 Å². The van der Waals surface area contributed by atoms with E-state index in [9.17, 15) is 9.50 Å². The lowest BCUT2D eigenvalue weighted by atomic mass is 9.99. The zero-order valence-corrected chi connectivity index (χ0v) is 11.3. The summed E-state index contributed by atoms with van der Waals surface area (Å²) < 4.78 is 13.3. The van der Waals surface area contributed by atoms with E-state index >= 15 is 0 Å². The molecule has 0 spiro atoms. The molecule has 102 valence electrons. The van der Waals surface area contributed by atoms with Crippen LogP contribution in [0.4, 0.5) is 4.39 Å². The van der Waals surface area contributed by atoms with Crippen molar-refractivity contribution in [2.75, 3.05) is 6.54 Å². The Morgan fingerprint density at radius 3 is 2.61 bits per heavy atom. The topological polar surface area (TPSA) is 58.3 Å². The lowest BCUT2D eigenvalue weighted by molar-refractivity contribution is 0.168. The average Bonchev–Trinajstić information content (AvgIpc) is 2.28. The van der Waals surface area contributed by atoms with Gasteiger partial charge in [0.2, 0.25) is 0 Å². The molecule has 3 nitrogen and oxygen atoms in total. The molecule has 1 aromatic carbocycles. The summed E-state index contributed by atoms with van der Waals surface area (Å²) in [7, 11) is 0. The Hall–Kier alpha value is -0.970. The normalized spacial score (nSPS) is 16.3. The zero-order chi connectivity index (χ0) is 13.7. The first-order valence-corrected chi connectivity index (χ1v) is 6.34. The number of aliphatic hydroxyl groups is 1. The van der Waals surface area contributed by atoms with Crippen LogP contribution < -0.4 is 11.1 Å². The van der Waals surface area contributed by atoms with Crippen LogP contribution in [0.1, 0.15) is 37.4 Å². The van der Waals surface area contributed by atoms with E-state index < -0.39 is 0 Å². The summed E-state index contributed by atoms with van der Waals surface area (Å²) in [6.07, 6.45) is 0.282. The summed E-state index contributed by atoms with van der Waals surface area (Å²) >= 11 is 0. The molecule has 0 fully saturated rings. The van der Waals surface area contributed by atoms with E-state index in [2.05, 4.69) is 5.32 Å². The number of benzene rings is 1. The van der Waals surface area contributed by atoms with Gasteiger partial charge in [-0.25, -0.2) is 4.39 Å². The molecule has 3 unspecified atom stereocenters. The van der Waals surface area contributed by atoms with Crippen molar-refractivity contribution in [2.24, 2.45) is 5.73 Å². The van der Waals surface area contributed by atoms with E-state index in [-0.39, 0.29) is 24.0 Å². The molecular formula is C14H23FN2O. The van der Waals surface area contributed by atoms with Gasteiger partial charge in [0, 0.05) is 18.6 Å². The zero-order valence-electron chi connectivity index (χ0n) is 11.3. The Bertz CT molecular complexity index is 382. The number of hydrogen-bond acceptors (Lipinski definition) is 3. The van der Waals surface area contributed by atoms with Crippen molar-refractivity contribution in [2.45, 2.75) is 45.4 Å². The second kappa shape index (κ2) is 6.83. The highest BCUT2D eigenvalue weighted by atomic mass is 19.1. The third-order valence-corrected chi connectivity index (χ3v) is 3.03. The second-order valence-corrected chi connectivity index (χ2v) is 4.94. The second-order valence-electron chi connectivity index (χ2n) is 4.94. The fourth-order valence-electron chi connectivity index (χ4n) is 2.19. The van der Waals surface area contributed by atoms with Crippen molar-refractivity contribution in [1.82, 2.24) is 5.32 Å². The smallest absolute Gasteiger partial charge is 0.123 e. The van der Waals surface area contributed by atoms with E-state index in [1.807, 2.05) is 13.8 Å². The molecule has 0 aromatic heterocycles. The summed E-state index contributed by atoms with van der Waals surface area (Å²) in [5.74, 6) is -0.251. The first-order chi connectivity index (χ1) is 8.43. The Kier molecular flexibility index (Phi) is 5.72. The molecule has 0 aliphatic carbocycles. The van der Waals surface area contributed by atoms with E-state index in [4.69, 9.17) is 5.73 Å². The van der Waals surface area contributed by atoms with Crippen LogP contribution in [-0.4, -0.2) is 23.8 Å². The minimum atomic E-state index is -0.362. The first-order valence-electron chi connectivity index (χ1n) is 6.34. The molecule has 0 aliphatic heterocycles. The molecule has 0 saturated heterocycles. The molecule has 0 heterocycles. The number of nitrogens with one attached hydrogen (secondary N) is 1. The van der Waals surface area contributed by atoms with E-state index in [1.54, 1.807) is 13.0 Å². The number of aryl methyl sites for hydroxylation is 1. The van der Waals surface area contributed by atoms with Gasteiger partial charge in [-0.05, 0) is 50.5 Å². The summed E-state index contributed by atoms with van der Waals surface area (Å²) in [4.78, 5) is 0. The maximum absolute atomic E-state index is 13.3. The standard InChI is InChI=1S/C14H23FN2O/c1-9-4-5-12(15)7-13(9)14(8-16)17-10(2)6-11(3)18/h4-5,7,10-11,14,17-18H,6,8,16H2,1-3H3. The monoisotopic (exact) mass is 254 g/mol. The molecule has 0 aliphatic rings. The van der Waals surface area contributed by atoms with E-state index in [0.29, 0.717) is 13.0 Å². The summed E-state index contributed by atoms with van der Waals surface area (Å²) in [5.41, 5.74) is 7.66. The van der Waals surface area contributed by atoms with E-state index in [1.165, 1.54) is 12.1 Å². The Morgan fingerprint density at radius 1 is 1.39 bits per heavy atom. The predicted molar refractivity (Wildman–Crippen MR) is 71.8 cm³/mol. The molecule has 3 atom stereocenters. The highest BCUT2D eigenvalue weighted by molar-refractivity contribution is 5.30. The lowest BCUT2D eigenvalue weighted by Crippen LogP contribution is -2.37. The third-order valence-electron chi connectivity index (χ3n) is 3.03. The molecule has 0 radical (unpaired) electrons.